The number of aromatic nitrogens is 1. The van der Waals surface area contributed by atoms with E-state index in [1.54, 1.807) is 42.6 Å². The Kier molecular flexibility index (Phi) is 2.80. The minimum Gasteiger partial charge on any atom is -0.269 e. The summed E-state index contributed by atoms with van der Waals surface area (Å²) in [7, 11) is 0. The van der Waals surface area contributed by atoms with Crippen LogP contribution in [0.5, 0.6) is 0 Å². The predicted molar refractivity (Wildman–Crippen MR) is 69.9 cm³/mol. The zero-order valence-corrected chi connectivity index (χ0v) is 10.6. The maximum Gasteiger partial charge on any atom is 0.261 e. The van der Waals surface area contributed by atoms with Gasteiger partial charge in [-0.2, -0.15) is 0 Å². The Balaban J connectivity index is 1.95. The molecule has 0 fully saturated rings. The lowest BCUT2D eigenvalue weighted by molar-refractivity contribution is 0.0640. The molecule has 2 heterocycles. The van der Waals surface area contributed by atoms with Crippen molar-refractivity contribution in [2.75, 3.05) is 0 Å². The number of benzene rings is 1. The smallest absolute Gasteiger partial charge is 0.261 e. The summed E-state index contributed by atoms with van der Waals surface area (Å²) in [4.78, 5) is 29.6. The van der Waals surface area contributed by atoms with E-state index in [4.69, 9.17) is 11.6 Å². The number of pyridine rings is 1. The van der Waals surface area contributed by atoms with Crippen LogP contribution < -0.4 is 0 Å². The highest BCUT2D eigenvalue weighted by molar-refractivity contribution is 6.31. The molecule has 4 nitrogen and oxygen atoms in total. The summed E-state index contributed by atoms with van der Waals surface area (Å²) in [5.41, 5.74) is 1.37. The molecule has 0 spiro atoms. The van der Waals surface area contributed by atoms with Crippen LogP contribution in [0.2, 0.25) is 5.02 Å². The van der Waals surface area contributed by atoms with Gasteiger partial charge in [0, 0.05) is 6.20 Å². The largest absolute Gasteiger partial charge is 0.269 e. The van der Waals surface area contributed by atoms with E-state index < -0.39 is 0 Å². The summed E-state index contributed by atoms with van der Waals surface area (Å²) in [6, 6.07) is 10.2. The first-order valence-corrected chi connectivity index (χ1v) is 6.11. The summed E-state index contributed by atoms with van der Waals surface area (Å²) in [6.45, 7) is 0.0893. The summed E-state index contributed by atoms with van der Waals surface area (Å²) in [6.07, 6.45) is 1.58. The van der Waals surface area contributed by atoms with Crippen molar-refractivity contribution in [3.8, 4) is 0 Å². The van der Waals surface area contributed by atoms with Crippen LogP contribution in [0.4, 0.5) is 0 Å². The Hall–Kier alpha value is -2.20. The van der Waals surface area contributed by atoms with Crippen LogP contribution in [0.15, 0.2) is 42.6 Å². The number of hydrogen-bond donors (Lipinski definition) is 0. The normalized spacial score (nSPS) is 13.8. The lowest BCUT2D eigenvalue weighted by atomic mass is 10.1. The number of rotatable bonds is 2. The number of imide groups is 1. The van der Waals surface area contributed by atoms with E-state index in [-0.39, 0.29) is 18.4 Å². The molecule has 2 aromatic rings. The van der Waals surface area contributed by atoms with Gasteiger partial charge < -0.3 is 0 Å². The van der Waals surface area contributed by atoms with Crippen LogP contribution in [-0.2, 0) is 6.54 Å². The van der Waals surface area contributed by atoms with Crippen LogP contribution >= 0.6 is 11.6 Å². The highest BCUT2D eigenvalue weighted by Gasteiger charge is 2.35. The maximum atomic E-state index is 12.2. The molecular weight excluding hydrogens is 264 g/mol. The molecule has 0 saturated heterocycles. The van der Waals surface area contributed by atoms with E-state index >= 15 is 0 Å². The van der Waals surface area contributed by atoms with Gasteiger partial charge in [-0.1, -0.05) is 23.7 Å². The number of amides is 2. The highest BCUT2D eigenvalue weighted by atomic mass is 35.5. The number of carbonyl (C=O) groups is 2. The molecule has 0 bridgehead atoms. The molecule has 1 aromatic heterocycles. The van der Waals surface area contributed by atoms with Crippen LogP contribution in [-0.4, -0.2) is 21.7 Å². The SMILES string of the molecule is O=C1c2ccccc2C(=O)N1Cc1ncccc1Cl. The third-order valence-corrected chi connectivity index (χ3v) is 3.36. The van der Waals surface area contributed by atoms with Crippen molar-refractivity contribution in [1.82, 2.24) is 9.88 Å². The molecule has 0 aliphatic carbocycles. The average molecular weight is 273 g/mol. The second-order valence-corrected chi connectivity index (χ2v) is 4.58. The Bertz CT molecular complexity index is 650. The standard InChI is InChI=1S/C14H9ClN2O2/c15-11-6-3-7-16-12(11)8-17-13(18)9-4-1-2-5-10(9)14(17)19/h1-7H,8H2. The van der Waals surface area contributed by atoms with Crippen molar-refractivity contribution in [3.05, 3.63) is 64.4 Å². The Morgan fingerprint density at radius 2 is 1.63 bits per heavy atom. The topological polar surface area (TPSA) is 50.3 Å². The van der Waals surface area contributed by atoms with Gasteiger partial charge in [-0.15, -0.1) is 0 Å². The van der Waals surface area contributed by atoms with Gasteiger partial charge in [0.15, 0.2) is 0 Å². The van der Waals surface area contributed by atoms with Gasteiger partial charge in [0.25, 0.3) is 11.8 Å². The van der Waals surface area contributed by atoms with Gasteiger partial charge in [0.1, 0.15) is 0 Å². The second-order valence-electron chi connectivity index (χ2n) is 4.17. The van der Waals surface area contributed by atoms with Crippen molar-refractivity contribution >= 4 is 23.4 Å². The number of fused-ring (bicyclic) bond motifs is 1. The van der Waals surface area contributed by atoms with Gasteiger partial charge in [0.05, 0.1) is 28.4 Å². The number of carbonyl (C=O) groups excluding carboxylic acids is 2. The minimum atomic E-state index is -0.303. The molecule has 0 saturated carbocycles. The lowest BCUT2D eigenvalue weighted by Gasteiger charge is -2.13. The van der Waals surface area contributed by atoms with E-state index in [1.165, 1.54) is 4.90 Å². The fourth-order valence-corrected chi connectivity index (χ4v) is 2.25. The van der Waals surface area contributed by atoms with Crippen molar-refractivity contribution in [2.45, 2.75) is 6.54 Å². The lowest BCUT2D eigenvalue weighted by Crippen LogP contribution is -2.29. The van der Waals surface area contributed by atoms with Gasteiger partial charge in [0.2, 0.25) is 0 Å². The van der Waals surface area contributed by atoms with Crippen molar-refractivity contribution < 1.29 is 9.59 Å². The van der Waals surface area contributed by atoms with Crippen LogP contribution in [0, 0.1) is 0 Å². The van der Waals surface area contributed by atoms with Crippen LogP contribution in [0.25, 0.3) is 0 Å². The van der Waals surface area contributed by atoms with Gasteiger partial charge in [-0.05, 0) is 24.3 Å². The Morgan fingerprint density at radius 1 is 1.00 bits per heavy atom. The molecule has 94 valence electrons. The summed E-state index contributed by atoms with van der Waals surface area (Å²) in [5, 5.41) is 0.444. The average Bonchev–Trinajstić information content (AvgIpc) is 2.67. The highest BCUT2D eigenvalue weighted by Crippen LogP contribution is 2.25. The summed E-state index contributed by atoms with van der Waals surface area (Å²) >= 11 is 6.00. The molecule has 0 radical (unpaired) electrons. The molecule has 0 unspecified atom stereocenters. The third kappa shape index (κ3) is 1.90. The summed E-state index contributed by atoms with van der Waals surface area (Å²) < 4.78 is 0. The molecule has 3 rings (SSSR count). The first-order valence-electron chi connectivity index (χ1n) is 5.73. The fourth-order valence-electron chi connectivity index (χ4n) is 2.07. The van der Waals surface area contributed by atoms with E-state index in [0.29, 0.717) is 21.8 Å². The first-order chi connectivity index (χ1) is 9.18. The molecule has 0 atom stereocenters. The molecule has 1 aliphatic heterocycles. The van der Waals surface area contributed by atoms with Gasteiger partial charge in [-0.25, -0.2) is 0 Å². The molecule has 2 amide bonds. The molecule has 1 aromatic carbocycles. The fraction of sp³-hybridized carbons (Fsp3) is 0.0714. The molecule has 1 aliphatic rings. The summed E-state index contributed by atoms with van der Waals surface area (Å²) in [5.74, 6) is -0.607. The van der Waals surface area contributed by atoms with Crippen molar-refractivity contribution in [1.29, 1.82) is 0 Å². The second kappa shape index (κ2) is 4.48. The number of halogens is 1. The Morgan fingerprint density at radius 3 is 2.21 bits per heavy atom. The van der Waals surface area contributed by atoms with Crippen LogP contribution in [0.3, 0.4) is 0 Å². The third-order valence-electron chi connectivity index (χ3n) is 3.02. The van der Waals surface area contributed by atoms with E-state index in [9.17, 15) is 9.59 Å². The van der Waals surface area contributed by atoms with E-state index in [2.05, 4.69) is 4.98 Å². The number of nitrogens with zero attached hydrogens (tertiary/aromatic N) is 2. The number of hydrogen-bond acceptors (Lipinski definition) is 3. The Labute approximate surface area is 114 Å². The predicted octanol–water partition coefficient (Wildman–Crippen LogP) is 2.53. The van der Waals surface area contributed by atoms with Gasteiger partial charge >= 0.3 is 0 Å². The molecular formula is C14H9ClN2O2. The zero-order chi connectivity index (χ0) is 13.4. The van der Waals surface area contributed by atoms with E-state index in [0.717, 1.165) is 0 Å². The van der Waals surface area contributed by atoms with Crippen molar-refractivity contribution in [3.63, 3.8) is 0 Å². The van der Waals surface area contributed by atoms with Gasteiger partial charge in [-0.3, -0.25) is 19.5 Å². The van der Waals surface area contributed by atoms with Crippen molar-refractivity contribution in [2.24, 2.45) is 0 Å². The zero-order valence-electron chi connectivity index (χ0n) is 9.84. The quantitative estimate of drug-likeness (QED) is 0.790. The maximum absolute atomic E-state index is 12.2. The first kappa shape index (κ1) is 11.9. The minimum absolute atomic E-state index is 0.0893. The molecule has 19 heavy (non-hydrogen) atoms. The molecule has 0 N–H and O–H groups in total. The van der Waals surface area contributed by atoms with E-state index in [1.807, 2.05) is 0 Å². The van der Waals surface area contributed by atoms with Crippen LogP contribution in [0.1, 0.15) is 26.4 Å². The monoisotopic (exact) mass is 272 g/mol. The molecule has 5 heteroatoms.